The second-order valence-electron chi connectivity index (χ2n) is 3.26. The summed E-state index contributed by atoms with van der Waals surface area (Å²) in [4.78, 5) is 3.25. The van der Waals surface area contributed by atoms with E-state index in [4.69, 9.17) is 10.8 Å². The van der Waals surface area contributed by atoms with Gasteiger partial charge in [0.25, 0.3) is 5.92 Å². The lowest BCUT2D eigenvalue weighted by molar-refractivity contribution is -0.0437. The molecule has 0 aromatic carbocycles. The Morgan fingerprint density at radius 3 is 2.59 bits per heavy atom. The summed E-state index contributed by atoms with van der Waals surface area (Å²) in [7, 11) is -4.08. The van der Waals surface area contributed by atoms with Crippen molar-refractivity contribution in [2.24, 2.45) is 0 Å². The number of sulfonamides is 1. The number of aliphatic hydroxyl groups excluding tert-OH is 1. The van der Waals surface area contributed by atoms with E-state index < -0.39 is 29.1 Å². The summed E-state index contributed by atoms with van der Waals surface area (Å²) in [6.07, 6.45) is 0.953. The van der Waals surface area contributed by atoms with Crippen LogP contribution >= 0.6 is 0 Å². The topological polar surface area (TPSA) is 105 Å². The standard InChI is InChI=1S/C8H11F2N3O3S/c9-8(10,5-14)4-13-17(15,16)6-1-2-7(11)12-3-6/h1-3,13-14H,4-5H2,(H2,11,12). The first-order valence-corrected chi connectivity index (χ1v) is 5.95. The number of anilines is 1. The molecule has 1 aromatic rings. The first-order chi connectivity index (χ1) is 7.77. The zero-order valence-electron chi connectivity index (χ0n) is 8.60. The summed E-state index contributed by atoms with van der Waals surface area (Å²) >= 11 is 0. The number of nitrogens with two attached hydrogens (primary N) is 1. The molecule has 1 heterocycles. The maximum atomic E-state index is 12.7. The molecule has 0 unspecified atom stereocenters. The zero-order chi connectivity index (χ0) is 13.1. The lowest BCUT2D eigenvalue weighted by Gasteiger charge is -2.14. The Labute approximate surface area is 96.5 Å². The van der Waals surface area contributed by atoms with Crippen molar-refractivity contribution in [3.8, 4) is 0 Å². The fourth-order valence-corrected chi connectivity index (χ4v) is 1.90. The smallest absolute Gasteiger partial charge is 0.283 e. The molecule has 0 radical (unpaired) electrons. The molecule has 0 saturated carbocycles. The molecule has 0 bridgehead atoms. The number of aromatic nitrogens is 1. The monoisotopic (exact) mass is 267 g/mol. The Morgan fingerprint density at radius 1 is 1.47 bits per heavy atom. The summed E-state index contributed by atoms with van der Waals surface area (Å²) in [5.74, 6) is -3.39. The minimum Gasteiger partial charge on any atom is -0.390 e. The first-order valence-electron chi connectivity index (χ1n) is 4.47. The van der Waals surface area contributed by atoms with Gasteiger partial charge in [0, 0.05) is 6.20 Å². The van der Waals surface area contributed by atoms with Gasteiger partial charge in [-0.25, -0.2) is 26.9 Å². The van der Waals surface area contributed by atoms with Gasteiger partial charge in [0.1, 0.15) is 17.3 Å². The van der Waals surface area contributed by atoms with Crippen molar-refractivity contribution in [3.63, 3.8) is 0 Å². The molecule has 0 aliphatic heterocycles. The van der Waals surface area contributed by atoms with Crippen LogP contribution in [0.25, 0.3) is 0 Å². The van der Waals surface area contributed by atoms with Crippen LogP contribution in [0.2, 0.25) is 0 Å². The highest BCUT2D eigenvalue weighted by molar-refractivity contribution is 7.89. The van der Waals surface area contributed by atoms with E-state index in [1.54, 1.807) is 4.72 Å². The number of hydrogen-bond acceptors (Lipinski definition) is 5. The van der Waals surface area contributed by atoms with Crippen LogP contribution in [0.3, 0.4) is 0 Å². The summed E-state index contributed by atoms with van der Waals surface area (Å²) < 4.78 is 50.0. The summed E-state index contributed by atoms with van der Waals surface area (Å²) in [6, 6.07) is 2.38. The Kier molecular flexibility index (Phi) is 3.96. The minimum atomic E-state index is -4.08. The van der Waals surface area contributed by atoms with E-state index in [1.807, 2.05) is 0 Å². The van der Waals surface area contributed by atoms with Crippen LogP contribution in [0.1, 0.15) is 0 Å². The summed E-state index contributed by atoms with van der Waals surface area (Å²) in [5, 5.41) is 8.28. The molecule has 6 nitrogen and oxygen atoms in total. The van der Waals surface area contributed by atoms with Crippen LogP contribution in [0.4, 0.5) is 14.6 Å². The van der Waals surface area contributed by atoms with Gasteiger partial charge in [-0.2, -0.15) is 0 Å². The van der Waals surface area contributed by atoms with E-state index in [0.29, 0.717) is 0 Å². The van der Waals surface area contributed by atoms with Crippen molar-refractivity contribution in [1.29, 1.82) is 0 Å². The normalized spacial score (nSPS) is 12.6. The molecule has 0 amide bonds. The molecule has 9 heteroatoms. The third kappa shape index (κ3) is 3.88. The van der Waals surface area contributed by atoms with Crippen molar-refractivity contribution in [2.45, 2.75) is 10.8 Å². The maximum absolute atomic E-state index is 12.7. The summed E-state index contributed by atoms with van der Waals surface area (Å²) in [6.45, 7) is -2.62. The Hall–Kier alpha value is -1.32. The molecule has 0 aliphatic carbocycles. The molecule has 0 atom stereocenters. The minimum absolute atomic E-state index is 0.115. The second-order valence-corrected chi connectivity index (χ2v) is 5.02. The van der Waals surface area contributed by atoms with Crippen LogP contribution in [0.15, 0.2) is 23.2 Å². The van der Waals surface area contributed by atoms with E-state index in [9.17, 15) is 17.2 Å². The number of halogens is 2. The van der Waals surface area contributed by atoms with Crippen molar-refractivity contribution in [1.82, 2.24) is 9.71 Å². The van der Waals surface area contributed by atoms with Gasteiger partial charge in [-0.1, -0.05) is 0 Å². The van der Waals surface area contributed by atoms with E-state index in [2.05, 4.69) is 4.98 Å². The van der Waals surface area contributed by atoms with Crippen molar-refractivity contribution in [3.05, 3.63) is 18.3 Å². The molecular weight excluding hydrogens is 256 g/mol. The fraction of sp³-hybridized carbons (Fsp3) is 0.375. The molecule has 1 rings (SSSR count). The lowest BCUT2D eigenvalue weighted by Crippen LogP contribution is -2.38. The zero-order valence-corrected chi connectivity index (χ0v) is 9.42. The SMILES string of the molecule is Nc1ccc(S(=O)(=O)NCC(F)(F)CO)cn1. The Bertz CT molecular complexity index is 475. The second kappa shape index (κ2) is 4.90. The van der Waals surface area contributed by atoms with Gasteiger partial charge in [0.05, 0.1) is 6.54 Å². The molecule has 1 aromatic heterocycles. The quantitative estimate of drug-likeness (QED) is 0.671. The number of nitrogen functional groups attached to an aromatic ring is 1. The number of pyridine rings is 1. The van der Waals surface area contributed by atoms with Gasteiger partial charge in [-0.05, 0) is 12.1 Å². The molecule has 17 heavy (non-hydrogen) atoms. The van der Waals surface area contributed by atoms with E-state index in [1.165, 1.54) is 6.07 Å². The van der Waals surface area contributed by atoms with Crippen molar-refractivity contribution in [2.75, 3.05) is 18.9 Å². The highest BCUT2D eigenvalue weighted by atomic mass is 32.2. The molecule has 96 valence electrons. The Balaban J connectivity index is 2.79. The first kappa shape index (κ1) is 13.7. The van der Waals surface area contributed by atoms with Crippen molar-refractivity contribution < 1.29 is 22.3 Å². The molecule has 0 saturated heterocycles. The average Bonchev–Trinajstić information content (AvgIpc) is 2.27. The predicted molar refractivity (Wildman–Crippen MR) is 55.9 cm³/mol. The highest BCUT2D eigenvalue weighted by Crippen LogP contribution is 2.13. The Morgan fingerprint density at radius 2 is 2.12 bits per heavy atom. The van der Waals surface area contributed by atoms with Gasteiger partial charge in [0.2, 0.25) is 10.0 Å². The number of hydrogen-bond donors (Lipinski definition) is 3. The van der Waals surface area contributed by atoms with Crippen molar-refractivity contribution >= 4 is 15.8 Å². The largest absolute Gasteiger partial charge is 0.390 e. The highest BCUT2D eigenvalue weighted by Gasteiger charge is 2.30. The summed E-state index contributed by atoms with van der Waals surface area (Å²) in [5.41, 5.74) is 5.26. The van der Waals surface area contributed by atoms with Crippen LogP contribution in [0.5, 0.6) is 0 Å². The lowest BCUT2D eigenvalue weighted by atomic mass is 10.4. The number of rotatable bonds is 5. The molecule has 4 N–H and O–H groups in total. The predicted octanol–water partition coefficient (Wildman–Crippen LogP) is -0.430. The van der Waals surface area contributed by atoms with E-state index >= 15 is 0 Å². The third-order valence-electron chi connectivity index (χ3n) is 1.82. The van der Waals surface area contributed by atoms with Crippen LogP contribution in [-0.2, 0) is 10.0 Å². The van der Waals surface area contributed by atoms with Gasteiger partial charge in [-0.15, -0.1) is 0 Å². The fourth-order valence-electron chi connectivity index (χ4n) is 0.891. The average molecular weight is 267 g/mol. The molecule has 0 fully saturated rings. The van der Waals surface area contributed by atoms with Gasteiger partial charge in [0.15, 0.2) is 0 Å². The van der Waals surface area contributed by atoms with Gasteiger partial charge in [-0.3, -0.25) is 0 Å². The maximum Gasteiger partial charge on any atom is 0.283 e. The molecule has 0 aliphatic rings. The van der Waals surface area contributed by atoms with Gasteiger partial charge >= 0.3 is 0 Å². The molecular formula is C8H11F2N3O3S. The number of nitrogens with zero attached hydrogens (tertiary/aromatic N) is 1. The third-order valence-corrected chi connectivity index (χ3v) is 3.21. The van der Waals surface area contributed by atoms with Crippen LogP contribution in [0, 0.1) is 0 Å². The molecule has 0 spiro atoms. The number of nitrogens with one attached hydrogen (secondary N) is 1. The van der Waals surface area contributed by atoms with Crippen LogP contribution in [-0.4, -0.2) is 37.6 Å². The van der Waals surface area contributed by atoms with E-state index in [0.717, 1.165) is 12.3 Å². The van der Waals surface area contributed by atoms with Gasteiger partial charge < -0.3 is 10.8 Å². The number of alkyl halides is 2. The van der Waals surface area contributed by atoms with Crippen LogP contribution < -0.4 is 10.5 Å². The van der Waals surface area contributed by atoms with E-state index in [-0.39, 0.29) is 10.7 Å². The number of aliphatic hydroxyl groups is 1.